The second-order valence-electron chi connectivity index (χ2n) is 21.0. The minimum absolute atomic E-state index is 0.0784. The summed E-state index contributed by atoms with van der Waals surface area (Å²) in [5.41, 5.74) is 0. The second kappa shape index (κ2) is 61.4. The van der Waals surface area contributed by atoms with Gasteiger partial charge in [0.25, 0.3) is 0 Å². The van der Waals surface area contributed by atoms with Crippen molar-refractivity contribution in [3.8, 4) is 0 Å². The number of unbranched alkanes of at least 4 members (excludes halogenated alkanes) is 35. The van der Waals surface area contributed by atoms with E-state index in [1.54, 1.807) is 0 Å². The van der Waals surface area contributed by atoms with Crippen LogP contribution in [0.3, 0.4) is 0 Å². The lowest BCUT2D eigenvalue weighted by atomic mass is 10.0. The summed E-state index contributed by atoms with van der Waals surface area (Å²) in [7, 11) is 0. The zero-order chi connectivity index (χ0) is 52.9. The van der Waals surface area contributed by atoms with Gasteiger partial charge in [-0.15, -0.1) is 0 Å². The summed E-state index contributed by atoms with van der Waals surface area (Å²) < 4.78 is 16.9. The van der Waals surface area contributed by atoms with Gasteiger partial charge in [-0.3, -0.25) is 14.4 Å². The van der Waals surface area contributed by atoms with E-state index in [0.29, 0.717) is 19.3 Å². The molecule has 422 valence electrons. The Balaban J connectivity index is 4.39. The number of rotatable bonds is 57. The number of hydrogen-bond donors (Lipinski definition) is 0. The lowest BCUT2D eigenvalue weighted by Crippen LogP contribution is -2.30. The maximum absolute atomic E-state index is 12.9. The molecule has 0 aliphatic carbocycles. The highest BCUT2D eigenvalue weighted by molar-refractivity contribution is 5.71. The van der Waals surface area contributed by atoms with Gasteiger partial charge >= 0.3 is 17.9 Å². The van der Waals surface area contributed by atoms with Gasteiger partial charge in [-0.2, -0.15) is 0 Å². The predicted molar refractivity (Wildman–Crippen MR) is 316 cm³/mol. The molecule has 0 saturated heterocycles. The first-order valence-electron chi connectivity index (χ1n) is 31.5. The van der Waals surface area contributed by atoms with Crippen LogP contribution in [0.1, 0.15) is 316 Å². The molecule has 1 unspecified atom stereocenters. The van der Waals surface area contributed by atoms with Crippen molar-refractivity contribution in [2.75, 3.05) is 13.2 Å². The van der Waals surface area contributed by atoms with Crippen molar-refractivity contribution in [2.24, 2.45) is 0 Å². The van der Waals surface area contributed by atoms with E-state index in [0.717, 1.165) is 89.9 Å². The van der Waals surface area contributed by atoms with Gasteiger partial charge in [0.2, 0.25) is 0 Å². The molecule has 0 bridgehead atoms. The molecule has 0 spiro atoms. The van der Waals surface area contributed by atoms with Crippen molar-refractivity contribution in [2.45, 2.75) is 322 Å². The molecule has 0 N–H and O–H groups in total. The quantitative estimate of drug-likeness (QED) is 0.0199. The van der Waals surface area contributed by atoms with Gasteiger partial charge in [-0.25, -0.2) is 0 Å². The molecule has 0 radical (unpaired) electrons. The molecule has 0 aromatic carbocycles. The monoisotopic (exact) mass is 1020 g/mol. The molecule has 73 heavy (non-hydrogen) atoms. The molecule has 0 aromatic heterocycles. The largest absolute Gasteiger partial charge is 0.462 e. The summed E-state index contributed by atoms with van der Waals surface area (Å²) in [6.07, 6.45) is 78.9. The molecular formula is C67H118O6. The zero-order valence-corrected chi connectivity index (χ0v) is 48.4. The average molecular weight is 1020 g/mol. The Labute approximate surface area is 453 Å². The lowest BCUT2D eigenvalue weighted by Gasteiger charge is -2.18. The molecule has 1 atom stereocenters. The molecule has 0 saturated carbocycles. The van der Waals surface area contributed by atoms with Crippen molar-refractivity contribution in [3.63, 3.8) is 0 Å². The van der Waals surface area contributed by atoms with E-state index in [1.807, 2.05) is 0 Å². The first kappa shape index (κ1) is 69.8. The Hall–Kier alpha value is -3.15. The number of allylic oxidation sites excluding steroid dienone is 12. The molecule has 0 fully saturated rings. The number of ether oxygens (including phenoxy) is 3. The molecular weight excluding hydrogens is 901 g/mol. The van der Waals surface area contributed by atoms with Crippen LogP contribution >= 0.6 is 0 Å². The van der Waals surface area contributed by atoms with Crippen LogP contribution < -0.4 is 0 Å². The van der Waals surface area contributed by atoms with Gasteiger partial charge in [0.05, 0.1) is 0 Å². The molecule has 6 heteroatoms. The van der Waals surface area contributed by atoms with Crippen molar-refractivity contribution >= 4 is 17.9 Å². The van der Waals surface area contributed by atoms with Crippen LogP contribution in [0.2, 0.25) is 0 Å². The van der Waals surface area contributed by atoms with E-state index < -0.39 is 6.10 Å². The number of carbonyl (C=O) groups excluding carboxylic acids is 3. The third kappa shape index (κ3) is 59.6. The van der Waals surface area contributed by atoms with Crippen molar-refractivity contribution in [1.82, 2.24) is 0 Å². The summed E-state index contributed by atoms with van der Waals surface area (Å²) in [6, 6.07) is 0. The Bertz CT molecular complexity index is 1360. The number of esters is 3. The minimum atomic E-state index is -0.783. The van der Waals surface area contributed by atoms with Crippen LogP contribution in [0, 0.1) is 0 Å². The summed E-state index contributed by atoms with van der Waals surface area (Å²) in [4.78, 5) is 38.3. The van der Waals surface area contributed by atoms with Crippen LogP contribution in [0.4, 0.5) is 0 Å². The number of carbonyl (C=O) groups is 3. The van der Waals surface area contributed by atoms with Gasteiger partial charge in [0.15, 0.2) is 6.10 Å². The van der Waals surface area contributed by atoms with Gasteiger partial charge < -0.3 is 14.2 Å². The highest BCUT2D eigenvalue weighted by atomic mass is 16.6. The number of hydrogen-bond acceptors (Lipinski definition) is 6. The maximum atomic E-state index is 12.9. The first-order chi connectivity index (χ1) is 36.0. The Morgan fingerprint density at radius 2 is 0.575 bits per heavy atom. The smallest absolute Gasteiger partial charge is 0.306 e. The summed E-state index contributed by atoms with van der Waals surface area (Å²) in [5.74, 6) is -0.880. The minimum Gasteiger partial charge on any atom is -0.462 e. The second-order valence-corrected chi connectivity index (χ2v) is 21.0. The summed E-state index contributed by atoms with van der Waals surface area (Å²) >= 11 is 0. The maximum Gasteiger partial charge on any atom is 0.306 e. The fourth-order valence-electron chi connectivity index (χ4n) is 9.02. The van der Waals surface area contributed by atoms with E-state index in [9.17, 15) is 14.4 Å². The third-order valence-corrected chi connectivity index (χ3v) is 13.7. The van der Waals surface area contributed by atoms with Crippen molar-refractivity contribution in [1.29, 1.82) is 0 Å². The summed E-state index contributed by atoms with van der Waals surface area (Å²) in [5, 5.41) is 0. The van der Waals surface area contributed by atoms with Gasteiger partial charge in [-0.05, 0) is 83.5 Å². The fourth-order valence-corrected chi connectivity index (χ4v) is 9.02. The molecule has 0 aliphatic heterocycles. The fraction of sp³-hybridized carbons (Fsp3) is 0.776. The van der Waals surface area contributed by atoms with Crippen LogP contribution in [-0.4, -0.2) is 37.2 Å². The SMILES string of the molecule is CC/C=C\C/C=C\C/C=C\C/C=C\CCCCCCCCC(=O)OCC(COC(=O)CCCCCCCCCCCCCCCCCCC)OC(=O)CCCCCCCCCCCC/C=C\C=C/CCCCC. The Morgan fingerprint density at radius 1 is 0.301 bits per heavy atom. The van der Waals surface area contributed by atoms with Crippen LogP contribution in [0.5, 0.6) is 0 Å². The highest BCUT2D eigenvalue weighted by Gasteiger charge is 2.19. The standard InChI is InChI=1S/C67H118O6/c1-4-7-10-13-16-19-22-25-28-31-33-36-39-42-45-48-51-54-57-60-66(69)72-63-64(62-71-65(68)59-56-53-50-47-44-41-38-35-30-27-24-21-18-15-12-9-6-3)73-67(70)61-58-55-52-49-46-43-40-37-34-32-29-26-23-20-17-14-11-8-5-2/h7,10,16-17,19-20,23,25-26,28,33,36,64H,4-6,8-9,11-15,18,21-22,24,27,29-32,34-35,37-63H2,1-3H3/b10-7-,19-16-,20-17-,26-23-,28-25-,36-33-. The molecule has 0 rings (SSSR count). The molecule has 0 aliphatic rings. The van der Waals surface area contributed by atoms with Crippen LogP contribution in [0.25, 0.3) is 0 Å². The molecule has 0 heterocycles. The van der Waals surface area contributed by atoms with Gasteiger partial charge in [-0.1, -0.05) is 286 Å². The van der Waals surface area contributed by atoms with E-state index in [2.05, 4.69) is 93.7 Å². The first-order valence-corrected chi connectivity index (χ1v) is 31.5. The van der Waals surface area contributed by atoms with Crippen molar-refractivity contribution in [3.05, 3.63) is 72.9 Å². The van der Waals surface area contributed by atoms with Crippen LogP contribution in [0.15, 0.2) is 72.9 Å². The van der Waals surface area contributed by atoms with Gasteiger partial charge in [0.1, 0.15) is 13.2 Å². The summed E-state index contributed by atoms with van der Waals surface area (Å²) in [6.45, 7) is 6.53. The molecule has 6 nitrogen and oxygen atoms in total. The van der Waals surface area contributed by atoms with Gasteiger partial charge in [0, 0.05) is 19.3 Å². The zero-order valence-electron chi connectivity index (χ0n) is 48.4. The average Bonchev–Trinajstić information content (AvgIpc) is 3.39. The molecule has 0 amide bonds. The van der Waals surface area contributed by atoms with E-state index in [1.165, 1.54) is 186 Å². The third-order valence-electron chi connectivity index (χ3n) is 13.7. The van der Waals surface area contributed by atoms with E-state index >= 15 is 0 Å². The Morgan fingerprint density at radius 3 is 0.945 bits per heavy atom. The van der Waals surface area contributed by atoms with E-state index in [-0.39, 0.29) is 31.1 Å². The van der Waals surface area contributed by atoms with Crippen molar-refractivity contribution < 1.29 is 28.6 Å². The normalized spacial score (nSPS) is 12.5. The van der Waals surface area contributed by atoms with Crippen LogP contribution in [-0.2, 0) is 28.6 Å². The van der Waals surface area contributed by atoms with E-state index in [4.69, 9.17) is 14.2 Å². The Kier molecular flexibility index (Phi) is 58.7. The predicted octanol–water partition coefficient (Wildman–Crippen LogP) is 21.3. The highest BCUT2D eigenvalue weighted by Crippen LogP contribution is 2.17. The molecule has 0 aromatic rings. The topological polar surface area (TPSA) is 78.9 Å². The lowest BCUT2D eigenvalue weighted by molar-refractivity contribution is -0.167.